The summed E-state index contributed by atoms with van der Waals surface area (Å²) in [5.41, 5.74) is -0.0598. The molecule has 4 nitrogen and oxygen atoms in total. The van der Waals surface area contributed by atoms with Crippen LogP contribution in [0.5, 0.6) is 0 Å². The number of halogens is 1. The molecule has 5 heteroatoms. The highest BCUT2D eigenvalue weighted by Crippen LogP contribution is 2.53. The third-order valence-corrected chi connectivity index (χ3v) is 3.66. The molecule has 1 aliphatic heterocycles. The summed E-state index contributed by atoms with van der Waals surface area (Å²) >= 11 is 5.74. The molecule has 1 aromatic rings. The number of rotatable bonds is 1. The monoisotopic (exact) mass is 237 g/mol. The van der Waals surface area contributed by atoms with Gasteiger partial charge in [0, 0.05) is 18.2 Å². The number of aromatic nitrogens is 2. The Kier molecular flexibility index (Phi) is 2.14. The van der Waals surface area contributed by atoms with Crippen molar-refractivity contribution < 1.29 is 4.79 Å². The molecular weight excluding hydrogens is 226 g/mol. The molecule has 1 saturated carbocycles. The van der Waals surface area contributed by atoms with Crippen molar-refractivity contribution in [3.63, 3.8) is 0 Å². The largest absolute Gasteiger partial charge is 0.296 e. The maximum Gasteiger partial charge on any atom is 0.234 e. The molecule has 0 bridgehead atoms. The molecule has 0 unspecified atom stereocenters. The van der Waals surface area contributed by atoms with E-state index in [1.54, 1.807) is 17.2 Å². The Morgan fingerprint density at radius 3 is 2.88 bits per heavy atom. The second-order valence-corrected chi connectivity index (χ2v) is 4.86. The molecule has 0 aromatic carbocycles. The van der Waals surface area contributed by atoms with Crippen molar-refractivity contribution in [2.75, 3.05) is 11.4 Å². The summed E-state index contributed by atoms with van der Waals surface area (Å²) in [5.74, 6) is 0.851. The van der Waals surface area contributed by atoms with Crippen LogP contribution >= 0.6 is 11.6 Å². The van der Waals surface area contributed by atoms with Crippen molar-refractivity contribution >= 4 is 23.3 Å². The molecular formula is C11H12ClN3O. The van der Waals surface area contributed by atoms with Gasteiger partial charge in [-0.3, -0.25) is 9.69 Å². The van der Waals surface area contributed by atoms with Crippen LogP contribution in [-0.2, 0) is 4.79 Å². The second kappa shape index (κ2) is 3.42. The molecule has 3 rings (SSSR count). The van der Waals surface area contributed by atoms with Crippen LogP contribution in [0.1, 0.15) is 25.7 Å². The Labute approximate surface area is 98.6 Å². The molecule has 1 amide bonds. The van der Waals surface area contributed by atoms with Crippen LogP contribution in [-0.4, -0.2) is 22.4 Å². The first-order chi connectivity index (χ1) is 7.71. The Bertz CT molecular complexity index is 445. The fraction of sp³-hybridized carbons (Fsp3) is 0.545. The number of nitrogens with zero attached hydrogens (tertiary/aromatic N) is 3. The summed E-state index contributed by atoms with van der Waals surface area (Å²) in [6.07, 6.45) is 5.73. The van der Waals surface area contributed by atoms with Gasteiger partial charge in [0.15, 0.2) is 0 Å². The number of carbonyl (C=O) groups excluding carboxylic acids is 1. The van der Waals surface area contributed by atoms with Gasteiger partial charge in [-0.05, 0) is 43.4 Å². The van der Waals surface area contributed by atoms with Crippen molar-refractivity contribution in [3.05, 3.63) is 17.5 Å². The average Bonchev–Trinajstić information content (AvgIpc) is 3.03. The third-order valence-electron chi connectivity index (χ3n) is 3.48. The van der Waals surface area contributed by atoms with Crippen molar-refractivity contribution in [3.8, 4) is 0 Å². The van der Waals surface area contributed by atoms with Gasteiger partial charge in [0.05, 0.1) is 0 Å². The lowest BCUT2D eigenvalue weighted by molar-refractivity contribution is -0.125. The molecule has 1 aliphatic carbocycles. The maximum absolute atomic E-state index is 12.2. The Morgan fingerprint density at radius 2 is 2.19 bits per heavy atom. The quantitative estimate of drug-likeness (QED) is 0.703. The maximum atomic E-state index is 12.2. The van der Waals surface area contributed by atoms with Crippen LogP contribution in [0.25, 0.3) is 0 Å². The summed E-state index contributed by atoms with van der Waals surface area (Å²) in [6.45, 7) is 0.744. The molecule has 1 saturated heterocycles. The molecule has 1 spiro atoms. The van der Waals surface area contributed by atoms with Gasteiger partial charge >= 0.3 is 0 Å². The summed E-state index contributed by atoms with van der Waals surface area (Å²) in [5, 5.41) is 0.195. The second-order valence-electron chi connectivity index (χ2n) is 4.52. The topological polar surface area (TPSA) is 46.1 Å². The molecule has 2 heterocycles. The normalized spacial score (nSPS) is 22.6. The van der Waals surface area contributed by atoms with Crippen LogP contribution < -0.4 is 4.90 Å². The summed E-state index contributed by atoms with van der Waals surface area (Å²) < 4.78 is 0. The Morgan fingerprint density at radius 1 is 1.38 bits per heavy atom. The smallest absolute Gasteiger partial charge is 0.234 e. The molecule has 0 N–H and O–H groups in total. The van der Waals surface area contributed by atoms with E-state index in [9.17, 15) is 4.79 Å². The molecule has 84 valence electrons. The van der Waals surface area contributed by atoms with Crippen LogP contribution in [0, 0.1) is 5.41 Å². The van der Waals surface area contributed by atoms with Gasteiger partial charge in [0.25, 0.3) is 0 Å². The molecule has 2 aliphatic rings. The predicted molar refractivity (Wildman–Crippen MR) is 60.3 cm³/mol. The Balaban J connectivity index is 1.92. The lowest BCUT2D eigenvalue weighted by Gasteiger charge is -2.31. The fourth-order valence-corrected chi connectivity index (χ4v) is 2.52. The molecule has 2 fully saturated rings. The van der Waals surface area contributed by atoms with Crippen molar-refractivity contribution in [2.45, 2.75) is 25.7 Å². The minimum absolute atomic E-state index is 0.0598. The minimum atomic E-state index is -0.0598. The zero-order valence-electron chi connectivity index (χ0n) is 8.82. The van der Waals surface area contributed by atoms with Gasteiger partial charge < -0.3 is 0 Å². The number of hydrogen-bond acceptors (Lipinski definition) is 3. The van der Waals surface area contributed by atoms with E-state index < -0.39 is 0 Å². The highest BCUT2D eigenvalue weighted by atomic mass is 35.5. The van der Waals surface area contributed by atoms with Crippen molar-refractivity contribution in [1.29, 1.82) is 0 Å². The first-order valence-corrected chi connectivity index (χ1v) is 5.90. The lowest BCUT2D eigenvalue weighted by atomic mass is 9.94. The van der Waals surface area contributed by atoms with Crippen molar-refractivity contribution in [2.24, 2.45) is 5.41 Å². The van der Waals surface area contributed by atoms with Gasteiger partial charge in [0.1, 0.15) is 5.82 Å². The van der Waals surface area contributed by atoms with Crippen molar-refractivity contribution in [1.82, 2.24) is 9.97 Å². The van der Waals surface area contributed by atoms with E-state index in [-0.39, 0.29) is 16.6 Å². The van der Waals surface area contributed by atoms with E-state index in [1.165, 1.54) is 0 Å². The van der Waals surface area contributed by atoms with E-state index in [0.717, 1.165) is 32.2 Å². The van der Waals surface area contributed by atoms with Crippen LogP contribution in [0.2, 0.25) is 5.28 Å². The number of piperidine rings is 1. The number of hydrogen-bond donors (Lipinski definition) is 0. The molecule has 16 heavy (non-hydrogen) atoms. The SMILES string of the molecule is O=C1N(c2ccnc(Cl)n2)CCCC12CC2. The van der Waals surface area contributed by atoms with Crippen LogP contribution in [0.3, 0.4) is 0 Å². The van der Waals surface area contributed by atoms with E-state index in [1.807, 2.05) is 0 Å². The van der Waals surface area contributed by atoms with E-state index in [2.05, 4.69) is 9.97 Å². The zero-order valence-corrected chi connectivity index (χ0v) is 9.57. The lowest BCUT2D eigenvalue weighted by Crippen LogP contribution is -2.42. The number of carbonyl (C=O) groups is 1. The fourth-order valence-electron chi connectivity index (χ4n) is 2.38. The van der Waals surface area contributed by atoms with Crippen LogP contribution in [0.15, 0.2) is 12.3 Å². The molecule has 1 aromatic heterocycles. The standard InChI is InChI=1S/C11H12ClN3O/c12-10-13-6-2-8(14-10)15-7-1-3-11(4-5-11)9(15)16/h2,6H,1,3-5,7H2. The molecule has 0 radical (unpaired) electrons. The number of amides is 1. The summed E-state index contributed by atoms with van der Waals surface area (Å²) in [6, 6.07) is 1.74. The van der Waals surface area contributed by atoms with Gasteiger partial charge in [-0.1, -0.05) is 0 Å². The van der Waals surface area contributed by atoms with Gasteiger partial charge in [-0.15, -0.1) is 0 Å². The highest BCUT2D eigenvalue weighted by Gasteiger charge is 2.53. The van der Waals surface area contributed by atoms with Gasteiger partial charge in [0.2, 0.25) is 11.2 Å². The minimum Gasteiger partial charge on any atom is -0.296 e. The highest BCUT2D eigenvalue weighted by molar-refractivity contribution is 6.28. The average molecular weight is 238 g/mol. The number of anilines is 1. The van der Waals surface area contributed by atoms with E-state index in [0.29, 0.717) is 5.82 Å². The third kappa shape index (κ3) is 1.48. The van der Waals surface area contributed by atoms with E-state index >= 15 is 0 Å². The van der Waals surface area contributed by atoms with Gasteiger partial charge in [-0.2, -0.15) is 0 Å². The summed E-state index contributed by atoms with van der Waals surface area (Å²) in [4.78, 5) is 21.9. The first-order valence-electron chi connectivity index (χ1n) is 5.52. The molecule has 0 atom stereocenters. The zero-order chi connectivity index (χ0) is 11.2. The van der Waals surface area contributed by atoms with E-state index in [4.69, 9.17) is 11.6 Å². The van der Waals surface area contributed by atoms with Gasteiger partial charge in [-0.25, -0.2) is 9.97 Å². The Hall–Kier alpha value is -1.16. The first kappa shape index (κ1) is 10.0. The predicted octanol–water partition coefficient (Wildman–Crippen LogP) is 2.04. The summed E-state index contributed by atoms with van der Waals surface area (Å²) in [7, 11) is 0. The van der Waals surface area contributed by atoms with Crippen LogP contribution in [0.4, 0.5) is 5.82 Å².